The molecule has 1 heterocycles. The van der Waals surface area contributed by atoms with Crippen LogP contribution in [0.1, 0.15) is 43.2 Å². The van der Waals surface area contributed by atoms with E-state index in [9.17, 15) is 24.3 Å². The summed E-state index contributed by atoms with van der Waals surface area (Å²) in [5.41, 5.74) is 1.68. The van der Waals surface area contributed by atoms with Gasteiger partial charge in [-0.05, 0) is 47.1 Å². The van der Waals surface area contributed by atoms with Crippen molar-refractivity contribution < 1.29 is 29.0 Å². The van der Waals surface area contributed by atoms with Crippen molar-refractivity contribution in [3.8, 4) is 0 Å². The van der Waals surface area contributed by atoms with E-state index in [1.54, 1.807) is 0 Å². The van der Waals surface area contributed by atoms with Gasteiger partial charge in [0, 0.05) is 18.9 Å². The summed E-state index contributed by atoms with van der Waals surface area (Å²) < 4.78 is 5.43. The molecule has 232 valence electrons. The molecule has 4 atom stereocenters. The maximum absolute atomic E-state index is 13.8. The molecule has 1 saturated heterocycles. The van der Waals surface area contributed by atoms with Crippen molar-refractivity contribution in [3.05, 3.63) is 83.9 Å². The van der Waals surface area contributed by atoms with Gasteiger partial charge in [0.05, 0.1) is 12.6 Å². The van der Waals surface area contributed by atoms with Crippen LogP contribution < -0.4 is 21.3 Å². The first-order valence-corrected chi connectivity index (χ1v) is 15.3. The maximum Gasteiger partial charge on any atom is 0.408 e. The quantitative estimate of drug-likeness (QED) is 0.192. The standard InChI is InChI=1S/C34H40N4O6/c39-20-27(18-26-15-16-35-31(26)40)36-32(41)29(17-22-13-14-22)37-33(42)30(38-34(43)44-21-23-7-2-1-3-8-23)19-25-11-6-10-24-9-4-5-12-28(24)25/h1-12,22,26-27,29-30,39H,13-21H2,(H,35,40)(H,36,41)(H,37,42)(H,38,43)/t26-,27-,29-,30?/m0/s1. The summed E-state index contributed by atoms with van der Waals surface area (Å²) in [6.07, 6.45) is 2.78. The highest BCUT2D eigenvalue weighted by Crippen LogP contribution is 2.33. The number of fused-ring (bicyclic) bond motifs is 1. The molecule has 5 N–H and O–H groups in total. The Balaban J connectivity index is 1.30. The minimum absolute atomic E-state index is 0.0452. The predicted octanol–water partition coefficient (Wildman–Crippen LogP) is 2.97. The highest BCUT2D eigenvalue weighted by atomic mass is 16.5. The summed E-state index contributed by atoms with van der Waals surface area (Å²) >= 11 is 0. The van der Waals surface area contributed by atoms with E-state index in [1.165, 1.54) is 0 Å². The fourth-order valence-electron chi connectivity index (χ4n) is 5.69. The van der Waals surface area contributed by atoms with Crippen molar-refractivity contribution >= 4 is 34.6 Å². The molecule has 10 heteroatoms. The summed E-state index contributed by atoms with van der Waals surface area (Å²) in [4.78, 5) is 52.3. The number of alkyl carbamates (subject to hydrolysis) is 1. The molecule has 0 radical (unpaired) electrons. The highest BCUT2D eigenvalue weighted by molar-refractivity contribution is 5.93. The van der Waals surface area contributed by atoms with Gasteiger partial charge in [-0.2, -0.15) is 0 Å². The van der Waals surface area contributed by atoms with E-state index >= 15 is 0 Å². The van der Waals surface area contributed by atoms with Crippen LogP contribution in [0.3, 0.4) is 0 Å². The van der Waals surface area contributed by atoms with Gasteiger partial charge < -0.3 is 31.1 Å². The predicted molar refractivity (Wildman–Crippen MR) is 165 cm³/mol. The van der Waals surface area contributed by atoms with Crippen LogP contribution in [-0.4, -0.2) is 60.2 Å². The number of ether oxygens (including phenoxy) is 1. The Morgan fingerprint density at radius 2 is 1.57 bits per heavy atom. The first-order chi connectivity index (χ1) is 21.4. The third-order valence-electron chi connectivity index (χ3n) is 8.32. The Hall–Kier alpha value is -4.44. The molecule has 10 nitrogen and oxygen atoms in total. The summed E-state index contributed by atoms with van der Waals surface area (Å²) in [7, 11) is 0. The van der Waals surface area contributed by atoms with E-state index in [1.807, 2.05) is 72.8 Å². The van der Waals surface area contributed by atoms with Crippen molar-refractivity contribution in [3.63, 3.8) is 0 Å². The monoisotopic (exact) mass is 600 g/mol. The minimum atomic E-state index is -1.02. The third kappa shape index (κ3) is 8.57. The molecule has 2 fully saturated rings. The zero-order valence-electron chi connectivity index (χ0n) is 24.7. The number of benzene rings is 3. The van der Waals surface area contributed by atoms with Crippen LogP contribution in [-0.2, 0) is 32.1 Å². The molecular formula is C34H40N4O6. The van der Waals surface area contributed by atoms with E-state index in [2.05, 4.69) is 21.3 Å². The summed E-state index contributed by atoms with van der Waals surface area (Å²) in [5.74, 6) is -0.980. The van der Waals surface area contributed by atoms with Gasteiger partial charge in [-0.25, -0.2) is 4.79 Å². The number of carbonyl (C=O) groups excluding carboxylic acids is 4. The van der Waals surface area contributed by atoms with Gasteiger partial charge in [-0.15, -0.1) is 0 Å². The van der Waals surface area contributed by atoms with E-state index in [-0.39, 0.29) is 31.5 Å². The number of aliphatic hydroxyl groups excluding tert-OH is 1. The molecule has 0 spiro atoms. The second-order valence-electron chi connectivity index (χ2n) is 11.7. The average molecular weight is 601 g/mol. The molecule has 1 aliphatic heterocycles. The van der Waals surface area contributed by atoms with Crippen LogP contribution in [0.5, 0.6) is 0 Å². The van der Waals surface area contributed by atoms with Crippen LogP contribution >= 0.6 is 0 Å². The molecule has 3 aromatic rings. The van der Waals surface area contributed by atoms with Gasteiger partial charge in [-0.1, -0.05) is 85.6 Å². The number of nitrogens with one attached hydrogen (secondary N) is 4. The summed E-state index contributed by atoms with van der Waals surface area (Å²) in [5, 5.41) is 23.2. The number of hydrogen-bond acceptors (Lipinski definition) is 6. The van der Waals surface area contributed by atoms with Crippen molar-refractivity contribution in [1.29, 1.82) is 0 Å². The molecule has 5 rings (SSSR count). The summed E-state index contributed by atoms with van der Waals surface area (Å²) in [6.45, 7) is 0.302. The van der Waals surface area contributed by atoms with Gasteiger partial charge in [0.1, 0.15) is 18.7 Å². The Kier molecular flexibility index (Phi) is 10.5. The largest absolute Gasteiger partial charge is 0.445 e. The van der Waals surface area contributed by atoms with Gasteiger partial charge >= 0.3 is 6.09 Å². The number of carbonyl (C=O) groups is 4. The van der Waals surface area contributed by atoms with E-state index in [0.29, 0.717) is 31.7 Å². The second kappa shape index (κ2) is 14.8. The van der Waals surface area contributed by atoms with E-state index in [4.69, 9.17) is 4.74 Å². The van der Waals surface area contributed by atoms with Crippen LogP contribution in [0.4, 0.5) is 4.79 Å². The zero-order valence-corrected chi connectivity index (χ0v) is 24.7. The van der Waals surface area contributed by atoms with Gasteiger partial charge in [0.2, 0.25) is 17.7 Å². The third-order valence-corrected chi connectivity index (χ3v) is 8.32. The number of aliphatic hydroxyl groups is 1. The van der Waals surface area contributed by atoms with E-state index < -0.39 is 36.0 Å². The molecule has 3 aromatic carbocycles. The Bertz CT molecular complexity index is 1460. The number of hydrogen-bond donors (Lipinski definition) is 5. The van der Waals surface area contributed by atoms with Gasteiger partial charge in [0.25, 0.3) is 0 Å². The second-order valence-corrected chi connectivity index (χ2v) is 11.7. The Morgan fingerprint density at radius 3 is 2.30 bits per heavy atom. The highest BCUT2D eigenvalue weighted by Gasteiger charge is 2.34. The van der Waals surface area contributed by atoms with Crippen LogP contribution in [0.15, 0.2) is 72.8 Å². The molecule has 1 aliphatic carbocycles. The van der Waals surface area contributed by atoms with Crippen LogP contribution in [0, 0.1) is 11.8 Å². The lowest BCUT2D eigenvalue weighted by Gasteiger charge is -2.26. The van der Waals surface area contributed by atoms with Crippen LogP contribution in [0.25, 0.3) is 10.8 Å². The lowest BCUT2D eigenvalue weighted by atomic mass is 9.97. The number of rotatable bonds is 14. The lowest BCUT2D eigenvalue weighted by molar-refractivity contribution is -0.131. The minimum Gasteiger partial charge on any atom is -0.445 e. The zero-order chi connectivity index (χ0) is 30.9. The first kappa shape index (κ1) is 31.0. The lowest BCUT2D eigenvalue weighted by Crippen LogP contribution is -2.56. The molecule has 44 heavy (non-hydrogen) atoms. The van der Waals surface area contributed by atoms with Gasteiger partial charge in [-0.3, -0.25) is 14.4 Å². The SMILES string of the molecule is O=C(NC(Cc1cccc2ccccc12)C(=O)N[C@@H](CC1CC1)C(=O)N[C@H](CO)C[C@@H]1CCNC1=O)OCc1ccccc1. The smallest absolute Gasteiger partial charge is 0.408 e. The van der Waals surface area contributed by atoms with Crippen LogP contribution in [0.2, 0.25) is 0 Å². The normalized spacial score (nSPS) is 18.1. The molecule has 0 bridgehead atoms. The Morgan fingerprint density at radius 1 is 0.841 bits per heavy atom. The molecule has 2 aliphatic rings. The maximum atomic E-state index is 13.8. The van der Waals surface area contributed by atoms with Crippen molar-refractivity contribution in [2.45, 2.75) is 63.3 Å². The average Bonchev–Trinajstić information content (AvgIpc) is 3.78. The molecule has 4 amide bonds. The Labute approximate surface area is 256 Å². The van der Waals surface area contributed by atoms with Crippen molar-refractivity contribution in [1.82, 2.24) is 21.3 Å². The fourth-order valence-corrected chi connectivity index (χ4v) is 5.69. The fraction of sp³-hybridized carbons (Fsp3) is 0.412. The van der Waals surface area contributed by atoms with Crippen molar-refractivity contribution in [2.24, 2.45) is 11.8 Å². The first-order valence-electron chi connectivity index (χ1n) is 15.3. The summed E-state index contributed by atoms with van der Waals surface area (Å²) in [6, 6.07) is 20.4. The number of amides is 4. The molecule has 1 unspecified atom stereocenters. The molecule has 0 aromatic heterocycles. The topological polar surface area (TPSA) is 146 Å². The van der Waals surface area contributed by atoms with Crippen molar-refractivity contribution in [2.75, 3.05) is 13.2 Å². The van der Waals surface area contributed by atoms with E-state index in [0.717, 1.165) is 34.7 Å². The molecular weight excluding hydrogens is 560 g/mol. The van der Waals surface area contributed by atoms with Gasteiger partial charge in [0.15, 0.2) is 0 Å². The molecule has 1 saturated carbocycles.